The summed E-state index contributed by atoms with van der Waals surface area (Å²) in [4.78, 5) is 26.2. The van der Waals surface area contributed by atoms with Gasteiger partial charge in [-0.05, 0) is 29.7 Å². The molecule has 0 radical (unpaired) electrons. The Kier molecular flexibility index (Phi) is 4.22. The zero-order valence-electron chi connectivity index (χ0n) is 13.7. The first-order valence-corrected chi connectivity index (χ1v) is 8.50. The first-order chi connectivity index (χ1) is 12.6. The Morgan fingerprint density at radius 2 is 1.92 bits per heavy atom. The lowest BCUT2D eigenvalue weighted by molar-refractivity contribution is -0.123. The summed E-state index contributed by atoms with van der Waals surface area (Å²) in [6.07, 6.45) is 0. The number of amides is 2. The van der Waals surface area contributed by atoms with E-state index < -0.39 is 0 Å². The second kappa shape index (κ2) is 6.69. The molecule has 3 aromatic rings. The van der Waals surface area contributed by atoms with E-state index in [0.29, 0.717) is 22.1 Å². The van der Waals surface area contributed by atoms with Crippen LogP contribution >= 0.6 is 11.6 Å². The third-order valence-corrected chi connectivity index (χ3v) is 4.46. The molecule has 0 saturated heterocycles. The van der Waals surface area contributed by atoms with Gasteiger partial charge in [-0.2, -0.15) is 0 Å². The van der Waals surface area contributed by atoms with Gasteiger partial charge in [0.1, 0.15) is 12.3 Å². The monoisotopic (exact) mass is 366 g/mol. The number of anilines is 2. The molecule has 0 aromatic heterocycles. The zero-order chi connectivity index (χ0) is 18.1. The van der Waals surface area contributed by atoms with Crippen molar-refractivity contribution in [2.75, 3.05) is 23.4 Å². The summed E-state index contributed by atoms with van der Waals surface area (Å²) in [5, 5.41) is 5.34. The van der Waals surface area contributed by atoms with Gasteiger partial charge in [0.2, 0.25) is 5.91 Å². The maximum atomic E-state index is 12.6. The molecule has 0 bridgehead atoms. The summed E-state index contributed by atoms with van der Waals surface area (Å²) in [6.45, 7) is -0.213. The maximum absolute atomic E-state index is 12.6. The van der Waals surface area contributed by atoms with Gasteiger partial charge in [0.25, 0.3) is 5.91 Å². The fraction of sp³-hybridized carbons (Fsp3) is 0.100. The van der Waals surface area contributed by atoms with Crippen LogP contribution in [0, 0.1) is 0 Å². The van der Waals surface area contributed by atoms with Gasteiger partial charge in [-0.3, -0.25) is 14.5 Å². The maximum Gasteiger partial charge on any atom is 0.265 e. The molecular weight excluding hydrogens is 352 g/mol. The van der Waals surface area contributed by atoms with Gasteiger partial charge in [0.05, 0.1) is 5.69 Å². The Hall–Kier alpha value is -3.05. The van der Waals surface area contributed by atoms with E-state index in [9.17, 15) is 9.59 Å². The summed E-state index contributed by atoms with van der Waals surface area (Å²) in [5.41, 5.74) is 1.21. The first kappa shape index (κ1) is 16.4. The lowest BCUT2D eigenvalue weighted by Gasteiger charge is -2.29. The van der Waals surface area contributed by atoms with Gasteiger partial charge in [-0.25, -0.2) is 0 Å². The molecule has 1 N–H and O–H groups in total. The molecule has 0 spiro atoms. The third-order valence-electron chi connectivity index (χ3n) is 4.23. The van der Waals surface area contributed by atoms with Crippen molar-refractivity contribution in [1.82, 2.24) is 0 Å². The van der Waals surface area contributed by atoms with Gasteiger partial charge >= 0.3 is 0 Å². The van der Waals surface area contributed by atoms with Crippen LogP contribution in [0.1, 0.15) is 0 Å². The molecule has 2 amide bonds. The van der Waals surface area contributed by atoms with Crippen LogP contribution in [0.4, 0.5) is 11.4 Å². The summed E-state index contributed by atoms with van der Waals surface area (Å²) < 4.78 is 5.40. The van der Waals surface area contributed by atoms with Crippen molar-refractivity contribution in [3.8, 4) is 5.75 Å². The predicted octanol–water partition coefficient (Wildman–Crippen LogP) is 3.86. The lowest BCUT2D eigenvalue weighted by Crippen LogP contribution is -2.43. The van der Waals surface area contributed by atoms with Crippen LogP contribution in [0.3, 0.4) is 0 Å². The number of carbonyl (C=O) groups is 2. The molecule has 5 nitrogen and oxygen atoms in total. The minimum absolute atomic E-state index is 0.101. The van der Waals surface area contributed by atoms with Crippen molar-refractivity contribution in [3.63, 3.8) is 0 Å². The Morgan fingerprint density at radius 3 is 2.81 bits per heavy atom. The van der Waals surface area contributed by atoms with Crippen molar-refractivity contribution in [2.24, 2.45) is 0 Å². The van der Waals surface area contributed by atoms with E-state index in [1.54, 1.807) is 18.2 Å². The SMILES string of the molecule is O=C(CN1C(=O)COc2ccc(Cl)cc21)Nc1cccc2ccccc12. The van der Waals surface area contributed by atoms with Crippen molar-refractivity contribution in [2.45, 2.75) is 0 Å². The summed E-state index contributed by atoms with van der Waals surface area (Å²) in [7, 11) is 0. The average molecular weight is 367 g/mol. The Balaban J connectivity index is 1.59. The highest BCUT2D eigenvalue weighted by Gasteiger charge is 2.27. The number of benzene rings is 3. The second-order valence-electron chi connectivity index (χ2n) is 5.96. The second-order valence-corrected chi connectivity index (χ2v) is 6.39. The highest BCUT2D eigenvalue weighted by molar-refractivity contribution is 6.31. The number of hydrogen-bond donors (Lipinski definition) is 1. The molecule has 3 aromatic carbocycles. The molecule has 0 unspecified atom stereocenters. The molecule has 0 saturated carbocycles. The largest absolute Gasteiger partial charge is 0.482 e. The van der Waals surface area contributed by atoms with E-state index in [1.807, 2.05) is 42.5 Å². The number of nitrogens with zero attached hydrogens (tertiary/aromatic N) is 1. The molecular formula is C20H15ClN2O3. The van der Waals surface area contributed by atoms with E-state index in [0.717, 1.165) is 10.8 Å². The standard InChI is InChI=1S/C20H15ClN2O3/c21-14-8-9-18-17(10-14)23(20(25)12-26-18)11-19(24)22-16-7-3-5-13-4-1-2-6-15(13)16/h1-10H,11-12H2,(H,22,24). The van der Waals surface area contributed by atoms with Crippen LogP contribution in [0.5, 0.6) is 5.75 Å². The zero-order valence-corrected chi connectivity index (χ0v) is 14.5. The Morgan fingerprint density at radius 1 is 1.12 bits per heavy atom. The van der Waals surface area contributed by atoms with E-state index in [4.69, 9.17) is 16.3 Å². The van der Waals surface area contributed by atoms with Gasteiger partial charge in [-0.1, -0.05) is 48.0 Å². The van der Waals surface area contributed by atoms with Gasteiger partial charge < -0.3 is 10.1 Å². The van der Waals surface area contributed by atoms with Crippen LogP contribution in [0.2, 0.25) is 5.02 Å². The van der Waals surface area contributed by atoms with Crippen LogP contribution in [-0.2, 0) is 9.59 Å². The van der Waals surface area contributed by atoms with Crippen molar-refractivity contribution >= 4 is 45.6 Å². The molecule has 4 rings (SSSR count). The van der Waals surface area contributed by atoms with Crippen molar-refractivity contribution < 1.29 is 14.3 Å². The van der Waals surface area contributed by atoms with E-state index in [2.05, 4.69) is 5.32 Å². The Bertz CT molecular complexity index is 1010. The predicted molar refractivity (Wildman–Crippen MR) is 102 cm³/mol. The molecule has 26 heavy (non-hydrogen) atoms. The number of nitrogens with one attached hydrogen (secondary N) is 1. The van der Waals surface area contributed by atoms with E-state index in [-0.39, 0.29) is 25.0 Å². The van der Waals surface area contributed by atoms with Gasteiger partial charge in [0.15, 0.2) is 6.61 Å². The first-order valence-electron chi connectivity index (χ1n) is 8.12. The van der Waals surface area contributed by atoms with Crippen LogP contribution in [0.25, 0.3) is 10.8 Å². The quantitative estimate of drug-likeness (QED) is 0.765. The number of ether oxygens (including phenoxy) is 1. The molecule has 0 aliphatic carbocycles. The molecule has 130 valence electrons. The van der Waals surface area contributed by atoms with Crippen molar-refractivity contribution in [3.05, 3.63) is 65.7 Å². The number of carbonyl (C=O) groups excluding carboxylic acids is 2. The van der Waals surface area contributed by atoms with E-state index >= 15 is 0 Å². The number of halogens is 1. The minimum Gasteiger partial charge on any atom is -0.482 e. The lowest BCUT2D eigenvalue weighted by atomic mass is 10.1. The number of rotatable bonds is 3. The number of fused-ring (bicyclic) bond motifs is 2. The van der Waals surface area contributed by atoms with Gasteiger partial charge in [0, 0.05) is 16.1 Å². The highest BCUT2D eigenvalue weighted by Crippen LogP contribution is 2.34. The molecule has 6 heteroatoms. The minimum atomic E-state index is -0.289. The fourth-order valence-corrected chi connectivity index (χ4v) is 3.18. The topological polar surface area (TPSA) is 58.6 Å². The number of hydrogen-bond acceptors (Lipinski definition) is 3. The summed E-state index contributed by atoms with van der Waals surface area (Å²) in [5.74, 6) is -0.0395. The van der Waals surface area contributed by atoms with Crippen LogP contribution < -0.4 is 15.0 Å². The molecule has 1 aliphatic rings. The molecule has 0 fully saturated rings. The smallest absolute Gasteiger partial charge is 0.265 e. The summed E-state index contributed by atoms with van der Waals surface area (Å²) in [6, 6.07) is 18.5. The average Bonchev–Trinajstić information content (AvgIpc) is 2.64. The Labute approximate surface area is 155 Å². The van der Waals surface area contributed by atoms with Crippen LogP contribution in [-0.4, -0.2) is 25.0 Å². The van der Waals surface area contributed by atoms with Crippen molar-refractivity contribution in [1.29, 1.82) is 0 Å². The molecule has 1 heterocycles. The van der Waals surface area contributed by atoms with Gasteiger partial charge in [-0.15, -0.1) is 0 Å². The normalized spacial score (nSPS) is 13.3. The van der Waals surface area contributed by atoms with Crippen LogP contribution in [0.15, 0.2) is 60.7 Å². The summed E-state index contributed by atoms with van der Waals surface area (Å²) >= 11 is 6.03. The third kappa shape index (κ3) is 3.09. The molecule has 1 aliphatic heterocycles. The molecule has 0 atom stereocenters. The van der Waals surface area contributed by atoms with E-state index in [1.165, 1.54) is 4.90 Å². The fourth-order valence-electron chi connectivity index (χ4n) is 3.02. The highest BCUT2D eigenvalue weighted by atomic mass is 35.5.